The minimum absolute atomic E-state index is 0.0848. The predicted octanol–water partition coefficient (Wildman–Crippen LogP) is 4.17. The summed E-state index contributed by atoms with van der Waals surface area (Å²) < 4.78 is 0. The number of benzene rings is 1. The quantitative estimate of drug-likeness (QED) is 0.831. The Bertz CT molecular complexity index is 409. The zero-order valence-electron chi connectivity index (χ0n) is 11.1. The summed E-state index contributed by atoms with van der Waals surface area (Å²) in [5.74, 6) is -0.147. The monoisotopic (exact) mass is 287 g/mol. The maximum Gasteiger partial charge on any atom is 0.239 e. The summed E-state index contributed by atoms with van der Waals surface area (Å²) in [6, 6.07) is 7.32. The van der Waals surface area contributed by atoms with Crippen molar-refractivity contribution >= 4 is 29.1 Å². The summed E-state index contributed by atoms with van der Waals surface area (Å²) in [5, 5.41) is 3.04. The largest absolute Gasteiger partial charge is 0.348 e. The lowest BCUT2D eigenvalue weighted by Crippen LogP contribution is -2.40. The van der Waals surface area contributed by atoms with Gasteiger partial charge in [-0.2, -0.15) is 0 Å². The van der Waals surface area contributed by atoms with Crippen LogP contribution in [0, 0.1) is 5.41 Å². The maximum atomic E-state index is 12.0. The van der Waals surface area contributed by atoms with E-state index in [-0.39, 0.29) is 17.4 Å². The molecule has 0 aromatic heterocycles. The molecular formula is C14H19Cl2NO. The van der Waals surface area contributed by atoms with Crippen LogP contribution in [0.3, 0.4) is 0 Å². The van der Waals surface area contributed by atoms with Crippen LogP contribution in [0.4, 0.5) is 0 Å². The first-order valence-electron chi connectivity index (χ1n) is 5.91. The van der Waals surface area contributed by atoms with E-state index >= 15 is 0 Å². The summed E-state index contributed by atoms with van der Waals surface area (Å²) in [5.41, 5.74) is 0.747. The van der Waals surface area contributed by atoms with Gasteiger partial charge in [0, 0.05) is 5.02 Å². The summed E-state index contributed by atoms with van der Waals surface area (Å²) in [6.45, 7) is 7.75. The zero-order valence-corrected chi connectivity index (χ0v) is 12.6. The Morgan fingerprint density at radius 2 is 1.72 bits per heavy atom. The molecule has 1 rings (SSSR count). The van der Waals surface area contributed by atoms with Crippen LogP contribution in [0.15, 0.2) is 24.3 Å². The lowest BCUT2D eigenvalue weighted by Gasteiger charge is -2.26. The fourth-order valence-corrected chi connectivity index (χ4v) is 1.70. The summed E-state index contributed by atoms with van der Waals surface area (Å²) in [6.07, 6.45) is 0. The molecule has 0 spiro atoms. The minimum atomic E-state index is -0.549. The number of nitrogens with one attached hydrogen (secondary N) is 1. The number of rotatable bonds is 3. The zero-order chi connectivity index (χ0) is 13.9. The Balaban J connectivity index is 2.68. The Morgan fingerprint density at radius 1 is 1.22 bits per heavy atom. The van der Waals surface area contributed by atoms with Gasteiger partial charge in [0.15, 0.2) is 0 Å². The molecule has 2 atom stereocenters. The molecule has 0 saturated carbocycles. The molecule has 0 radical (unpaired) electrons. The number of halogens is 2. The molecular weight excluding hydrogens is 269 g/mol. The first-order chi connectivity index (χ1) is 8.21. The van der Waals surface area contributed by atoms with Crippen molar-refractivity contribution in [1.82, 2.24) is 5.32 Å². The molecule has 100 valence electrons. The molecule has 0 saturated heterocycles. The van der Waals surface area contributed by atoms with Gasteiger partial charge in [-0.1, -0.05) is 44.5 Å². The molecule has 0 heterocycles. The number of carbonyl (C=O) groups is 1. The Morgan fingerprint density at radius 3 is 2.17 bits per heavy atom. The van der Waals surface area contributed by atoms with E-state index in [2.05, 4.69) is 5.32 Å². The van der Waals surface area contributed by atoms with Crippen LogP contribution in [0.25, 0.3) is 0 Å². The molecule has 18 heavy (non-hydrogen) atoms. The first-order valence-corrected chi connectivity index (χ1v) is 6.73. The summed E-state index contributed by atoms with van der Waals surface area (Å²) in [4.78, 5) is 12.0. The van der Waals surface area contributed by atoms with Gasteiger partial charge in [0.1, 0.15) is 5.38 Å². The van der Waals surface area contributed by atoms with Crippen LogP contribution in [0.5, 0.6) is 0 Å². The number of amides is 1. The highest BCUT2D eigenvalue weighted by atomic mass is 35.5. The molecule has 1 aromatic carbocycles. The van der Waals surface area contributed by atoms with Gasteiger partial charge < -0.3 is 5.32 Å². The molecule has 4 heteroatoms. The van der Waals surface area contributed by atoms with Crippen molar-refractivity contribution < 1.29 is 4.79 Å². The van der Waals surface area contributed by atoms with Crippen molar-refractivity contribution in [3.8, 4) is 0 Å². The molecule has 1 amide bonds. The number of hydrogen-bond acceptors (Lipinski definition) is 1. The van der Waals surface area contributed by atoms with E-state index in [0.29, 0.717) is 5.02 Å². The van der Waals surface area contributed by atoms with Gasteiger partial charge in [-0.15, -0.1) is 11.6 Å². The fraction of sp³-hybridized carbons (Fsp3) is 0.500. The lowest BCUT2D eigenvalue weighted by atomic mass is 9.91. The van der Waals surface area contributed by atoms with Crippen molar-refractivity contribution in [3.63, 3.8) is 0 Å². The Kier molecular flexibility index (Phi) is 5.06. The first kappa shape index (κ1) is 15.3. The SMILES string of the molecule is CC(NC(=O)C(Cl)C(C)(C)C)c1ccc(Cl)cc1. The second kappa shape index (κ2) is 5.94. The van der Waals surface area contributed by atoms with Crippen LogP contribution < -0.4 is 5.32 Å². The van der Waals surface area contributed by atoms with Crippen molar-refractivity contribution in [1.29, 1.82) is 0 Å². The van der Waals surface area contributed by atoms with Gasteiger partial charge in [0.25, 0.3) is 0 Å². The molecule has 1 N–H and O–H groups in total. The third-order valence-corrected chi connectivity index (χ3v) is 3.82. The van der Waals surface area contributed by atoms with Crippen LogP contribution in [0.2, 0.25) is 5.02 Å². The van der Waals surface area contributed by atoms with Gasteiger partial charge in [-0.3, -0.25) is 4.79 Å². The fourth-order valence-electron chi connectivity index (χ4n) is 1.51. The molecule has 0 aliphatic carbocycles. The molecule has 0 fully saturated rings. The third-order valence-electron chi connectivity index (χ3n) is 2.72. The van der Waals surface area contributed by atoms with E-state index in [1.165, 1.54) is 0 Å². The average Bonchev–Trinajstić information content (AvgIpc) is 2.27. The standard InChI is InChI=1S/C14H19Cl2NO/c1-9(10-5-7-11(15)8-6-10)17-13(18)12(16)14(2,3)4/h5-9,12H,1-4H3,(H,17,18). The minimum Gasteiger partial charge on any atom is -0.348 e. The smallest absolute Gasteiger partial charge is 0.239 e. The van der Waals surface area contributed by atoms with Crippen LogP contribution in [-0.2, 0) is 4.79 Å². The van der Waals surface area contributed by atoms with Crippen molar-refractivity contribution in [3.05, 3.63) is 34.9 Å². The highest BCUT2D eigenvalue weighted by Gasteiger charge is 2.29. The van der Waals surface area contributed by atoms with E-state index in [1.54, 1.807) is 0 Å². The number of alkyl halides is 1. The molecule has 2 nitrogen and oxygen atoms in total. The Labute approximate surface area is 119 Å². The third kappa shape index (κ3) is 4.18. The van der Waals surface area contributed by atoms with Gasteiger partial charge >= 0.3 is 0 Å². The topological polar surface area (TPSA) is 29.1 Å². The Hall–Kier alpha value is -0.730. The van der Waals surface area contributed by atoms with Crippen LogP contribution in [-0.4, -0.2) is 11.3 Å². The highest BCUT2D eigenvalue weighted by molar-refractivity contribution is 6.31. The van der Waals surface area contributed by atoms with Gasteiger partial charge in [0.05, 0.1) is 6.04 Å². The van der Waals surface area contributed by atoms with E-state index in [0.717, 1.165) is 5.56 Å². The van der Waals surface area contributed by atoms with Crippen LogP contribution >= 0.6 is 23.2 Å². The molecule has 0 aliphatic rings. The number of hydrogen-bond donors (Lipinski definition) is 1. The second-order valence-corrected chi connectivity index (χ2v) is 6.38. The molecule has 2 unspecified atom stereocenters. The maximum absolute atomic E-state index is 12.0. The molecule has 1 aromatic rings. The van der Waals surface area contributed by atoms with Crippen molar-refractivity contribution in [2.45, 2.75) is 39.1 Å². The van der Waals surface area contributed by atoms with Gasteiger partial charge in [-0.25, -0.2) is 0 Å². The number of carbonyl (C=O) groups excluding carboxylic acids is 1. The predicted molar refractivity (Wildman–Crippen MR) is 77.1 cm³/mol. The van der Waals surface area contributed by atoms with Crippen LogP contribution in [0.1, 0.15) is 39.3 Å². The molecule has 0 aliphatic heterocycles. The lowest BCUT2D eigenvalue weighted by molar-refractivity contribution is -0.123. The van der Waals surface area contributed by atoms with Crippen molar-refractivity contribution in [2.24, 2.45) is 5.41 Å². The van der Waals surface area contributed by atoms with Gasteiger partial charge in [0.2, 0.25) is 5.91 Å². The summed E-state index contributed by atoms with van der Waals surface area (Å²) >= 11 is 12.0. The van der Waals surface area contributed by atoms with Gasteiger partial charge in [-0.05, 0) is 30.0 Å². The average molecular weight is 288 g/mol. The molecule has 0 bridgehead atoms. The van der Waals surface area contributed by atoms with E-state index < -0.39 is 5.38 Å². The second-order valence-electron chi connectivity index (χ2n) is 5.51. The van der Waals surface area contributed by atoms with E-state index in [9.17, 15) is 4.79 Å². The van der Waals surface area contributed by atoms with E-state index in [1.807, 2.05) is 52.0 Å². The van der Waals surface area contributed by atoms with Crippen molar-refractivity contribution in [2.75, 3.05) is 0 Å². The highest BCUT2D eigenvalue weighted by Crippen LogP contribution is 2.25. The normalized spacial score (nSPS) is 15.0. The van der Waals surface area contributed by atoms with E-state index in [4.69, 9.17) is 23.2 Å². The summed E-state index contributed by atoms with van der Waals surface area (Å²) in [7, 11) is 0.